The highest BCUT2D eigenvalue weighted by Gasteiger charge is 2.48. The summed E-state index contributed by atoms with van der Waals surface area (Å²) in [7, 11) is 0. The van der Waals surface area contributed by atoms with Gasteiger partial charge in [0.15, 0.2) is 5.78 Å². The van der Waals surface area contributed by atoms with Crippen LogP contribution in [-0.2, 0) is 19.1 Å². The Morgan fingerprint density at radius 2 is 2.05 bits per heavy atom. The zero-order chi connectivity index (χ0) is 15.9. The molecule has 0 radical (unpaired) electrons. The van der Waals surface area contributed by atoms with Crippen LogP contribution < -0.4 is 0 Å². The lowest BCUT2D eigenvalue weighted by Crippen LogP contribution is -2.39. The first kappa shape index (κ1) is 15.7. The summed E-state index contributed by atoms with van der Waals surface area (Å²) in [4.78, 5) is 23.6. The van der Waals surface area contributed by atoms with Gasteiger partial charge in [-0.2, -0.15) is 0 Å². The summed E-state index contributed by atoms with van der Waals surface area (Å²) >= 11 is 0. The summed E-state index contributed by atoms with van der Waals surface area (Å²) in [6.45, 7) is 6.71. The molecule has 122 valence electrons. The Balaban J connectivity index is 1.72. The van der Waals surface area contributed by atoms with Crippen LogP contribution in [0.4, 0.5) is 0 Å². The summed E-state index contributed by atoms with van der Waals surface area (Å²) in [6, 6.07) is 0. The van der Waals surface area contributed by atoms with Crippen LogP contribution in [0.25, 0.3) is 0 Å². The Labute approximate surface area is 132 Å². The van der Waals surface area contributed by atoms with Crippen LogP contribution in [0.3, 0.4) is 0 Å². The zero-order valence-corrected chi connectivity index (χ0v) is 13.7. The van der Waals surface area contributed by atoms with E-state index < -0.39 is 6.29 Å². The van der Waals surface area contributed by atoms with Gasteiger partial charge in [0, 0.05) is 12.3 Å². The van der Waals surface area contributed by atoms with Crippen molar-refractivity contribution in [1.29, 1.82) is 0 Å². The Hall–Kier alpha value is -1.16. The van der Waals surface area contributed by atoms with Gasteiger partial charge in [0.05, 0.1) is 12.0 Å². The maximum absolute atomic E-state index is 12.0. The van der Waals surface area contributed by atoms with Crippen LogP contribution in [-0.4, -0.2) is 24.1 Å². The van der Waals surface area contributed by atoms with Gasteiger partial charge in [-0.15, -0.1) is 0 Å². The SMILES string of the molecule is CC(C)[C@H]1CC[C@H](C)C[C@@H]1O[C@H]1OC(=O)[C@@H]2C=CC(=O)C[C@H]12. The molecule has 1 saturated heterocycles. The standard InChI is InChI=1S/C18H26O4/c1-10(2)13-6-4-11(3)8-16(13)21-18-15-9-12(19)5-7-14(15)17(20)22-18/h5,7,10-11,13-16,18H,4,6,8-9H2,1-3H3/t11-,13+,14+,15-,16-,18-/m0/s1. The molecular formula is C18H26O4. The number of carbonyl (C=O) groups excluding carboxylic acids is 2. The van der Waals surface area contributed by atoms with Crippen molar-refractivity contribution in [2.24, 2.45) is 29.6 Å². The van der Waals surface area contributed by atoms with Crippen molar-refractivity contribution < 1.29 is 19.1 Å². The highest BCUT2D eigenvalue weighted by atomic mass is 16.7. The van der Waals surface area contributed by atoms with Gasteiger partial charge in [0.2, 0.25) is 6.29 Å². The van der Waals surface area contributed by atoms with E-state index in [-0.39, 0.29) is 29.7 Å². The topological polar surface area (TPSA) is 52.6 Å². The largest absolute Gasteiger partial charge is 0.435 e. The summed E-state index contributed by atoms with van der Waals surface area (Å²) in [5.41, 5.74) is 0. The molecule has 1 heterocycles. The van der Waals surface area contributed by atoms with Crippen molar-refractivity contribution in [1.82, 2.24) is 0 Å². The quantitative estimate of drug-likeness (QED) is 0.752. The first-order chi connectivity index (χ1) is 10.5. The molecule has 4 heteroatoms. The van der Waals surface area contributed by atoms with Crippen molar-refractivity contribution in [2.45, 2.75) is 58.8 Å². The molecule has 22 heavy (non-hydrogen) atoms. The first-order valence-electron chi connectivity index (χ1n) is 8.52. The number of hydrogen-bond acceptors (Lipinski definition) is 4. The molecule has 0 bridgehead atoms. The molecule has 1 aliphatic heterocycles. The number of cyclic esters (lactones) is 1. The van der Waals surface area contributed by atoms with Crippen molar-refractivity contribution in [3.63, 3.8) is 0 Å². The third kappa shape index (κ3) is 2.98. The molecular weight excluding hydrogens is 280 g/mol. The molecule has 0 spiro atoms. The average Bonchev–Trinajstić information content (AvgIpc) is 2.74. The smallest absolute Gasteiger partial charge is 0.315 e. The van der Waals surface area contributed by atoms with Crippen molar-refractivity contribution >= 4 is 11.8 Å². The molecule has 0 aromatic rings. The van der Waals surface area contributed by atoms with Crippen LogP contribution >= 0.6 is 0 Å². The minimum atomic E-state index is -0.553. The Morgan fingerprint density at radius 3 is 2.77 bits per heavy atom. The van der Waals surface area contributed by atoms with E-state index in [1.807, 2.05) is 0 Å². The van der Waals surface area contributed by atoms with Gasteiger partial charge in [0.1, 0.15) is 0 Å². The van der Waals surface area contributed by atoms with Gasteiger partial charge in [-0.3, -0.25) is 9.59 Å². The van der Waals surface area contributed by atoms with Crippen LogP contribution in [0.1, 0.15) is 46.5 Å². The highest BCUT2D eigenvalue weighted by Crippen LogP contribution is 2.41. The van der Waals surface area contributed by atoms with Gasteiger partial charge in [0.25, 0.3) is 0 Å². The molecule has 1 saturated carbocycles. The lowest BCUT2D eigenvalue weighted by Gasteiger charge is -2.39. The number of carbonyl (C=O) groups is 2. The Bertz CT molecular complexity index is 481. The maximum Gasteiger partial charge on any atom is 0.315 e. The van der Waals surface area contributed by atoms with Gasteiger partial charge in [-0.25, -0.2) is 0 Å². The van der Waals surface area contributed by atoms with Gasteiger partial charge in [-0.05, 0) is 36.7 Å². The number of esters is 1. The van der Waals surface area contributed by atoms with Gasteiger partial charge in [-0.1, -0.05) is 33.3 Å². The second kappa shape index (κ2) is 6.15. The lowest BCUT2D eigenvalue weighted by atomic mass is 9.75. The molecule has 0 aromatic carbocycles. The van der Waals surface area contributed by atoms with E-state index in [2.05, 4.69) is 20.8 Å². The summed E-state index contributed by atoms with van der Waals surface area (Å²) in [6.07, 6.45) is 6.53. The van der Waals surface area contributed by atoms with E-state index in [0.717, 1.165) is 12.8 Å². The third-order valence-corrected chi connectivity index (χ3v) is 5.51. The number of ether oxygens (including phenoxy) is 2. The third-order valence-electron chi connectivity index (χ3n) is 5.51. The zero-order valence-electron chi connectivity index (χ0n) is 13.7. The van der Waals surface area contributed by atoms with E-state index in [9.17, 15) is 9.59 Å². The highest BCUT2D eigenvalue weighted by molar-refractivity contribution is 5.93. The van der Waals surface area contributed by atoms with Gasteiger partial charge < -0.3 is 9.47 Å². The van der Waals surface area contributed by atoms with Crippen LogP contribution in [0.2, 0.25) is 0 Å². The van der Waals surface area contributed by atoms with Crippen molar-refractivity contribution in [3.8, 4) is 0 Å². The number of rotatable bonds is 3. The normalized spacial score (nSPS) is 41.6. The predicted octanol–water partition coefficient (Wildman–Crippen LogP) is 3.11. The minimum absolute atomic E-state index is 0.0607. The molecule has 4 nitrogen and oxygen atoms in total. The second-order valence-corrected chi connectivity index (χ2v) is 7.53. The molecule has 2 fully saturated rings. The van der Waals surface area contributed by atoms with Crippen molar-refractivity contribution in [2.75, 3.05) is 0 Å². The van der Waals surface area contributed by atoms with Crippen LogP contribution in [0, 0.1) is 29.6 Å². The van der Waals surface area contributed by atoms with Crippen LogP contribution in [0.15, 0.2) is 12.2 Å². The van der Waals surface area contributed by atoms with E-state index in [1.165, 1.54) is 12.5 Å². The summed E-state index contributed by atoms with van der Waals surface area (Å²) in [5, 5.41) is 0. The average molecular weight is 306 g/mol. The molecule has 0 amide bonds. The number of hydrogen-bond donors (Lipinski definition) is 0. The molecule has 0 aromatic heterocycles. The molecule has 3 aliphatic rings. The molecule has 0 unspecified atom stereocenters. The monoisotopic (exact) mass is 306 g/mol. The molecule has 2 aliphatic carbocycles. The minimum Gasteiger partial charge on any atom is -0.435 e. The number of fused-ring (bicyclic) bond motifs is 1. The van der Waals surface area contributed by atoms with Crippen LogP contribution in [0.5, 0.6) is 0 Å². The first-order valence-corrected chi connectivity index (χ1v) is 8.52. The molecule has 0 N–H and O–H groups in total. The summed E-state index contributed by atoms with van der Waals surface area (Å²) < 4.78 is 11.7. The Morgan fingerprint density at radius 1 is 1.27 bits per heavy atom. The Kier molecular flexibility index (Phi) is 4.40. The fourth-order valence-corrected chi connectivity index (χ4v) is 4.15. The predicted molar refractivity (Wildman–Crippen MR) is 81.8 cm³/mol. The van der Waals surface area contributed by atoms with E-state index in [0.29, 0.717) is 24.2 Å². The fraction of sp³-hybridized carbons (Fsp3) is 0.778. The van der Waals surface area contributed by atoms with Crippen molar-refractivity contribution in [3.05, 3.63) is 12.2 Å². The van der Waals surface area contributed by atoms with E-state index in [1.54, 1.807) is 6.08 Å². The number of allylic oxidation sites excluding steroid dienone is 1. The summed E-state index contributed by atoms with van der Waals surface area (Å²) in [5.74, 6) is 1.06. The van der Waals surface area contributed by atoms with E-state index in [4.69, 9.17) is 9.47 Å². The fourth-order valence-electron chi connectivity index (χ4n) is 4.15. The maximum atomic E-state index is 12.0. The second-order valence-electron chi connectivity index (χ2n) is 7.53. The molecule has 3 rings (SSSR count). The lowest BCUT2D eigenvalue weighted by molar-refractivity contribution is -0.196. The molecule has 6 atom stereocenters. The van der Waals surface area contributed by atoms with E-state index >= 15 is 0 Å². The van der Waals surface area contributed by atoms with Gasteiger partial charge >= 0.3 is 5.97 Å². The number of ketones is 1.